The number of urea groups is 1. The van der Waals surface area contributed by atoms with Gasteiger partial charge in [0.05, 0.1) is 5.69 Å². The minimum absolute atomic E-state index is 0.156. The van der Waals surface area contributed by atoms with Gasteiger partial charge < -0.3 is 4.57 Å². The second-order valence-corrected chi connectivity index (χ2v) is 6.99. The van der Waals surface area contributed by atoms with E-state index < -0.39 is 23.7 Å². The van der Waals surface area contributed by atoms with E-state index in [1.165, 1.54) is 18.2 Å². The summed E-state index contributed by atoms with van der Waals surface area (Å²) in [6.07, 6.45) is 3.21. The highest BCUT2D eigenvalue weighted by molar-refractivity contribution is 6.39. The number of benzene rings is 2. The Bertz CT molecular complexity index is 1180. The van der Waals surface area contributed by atoms with Gasteiger partial charge in [0.1, 0.15) is 11.4 Å². The summed E-state index contributed by atoms with van der Waals surface area (Å²) >= 11 is 6.23. The molecule has 30 heavy (non-hydrogen) atoms. The van der Waals surface area contributed by atoms with Crippen molar-refractivity contribution in [3.8, 4) is 0 Å². The van der Waals surface area contributed by atoms with Gasteiger partial charge in [-0.2, -0.15) is 0 Å². The van der Waals surface area contributed by atoms with Crippen LogP contribution in [0.25, 0.3) is 6.08 Å². The predicted octanol–water partition coefficient (Wildman–Crippen LogP) is 4.00. The number of halogens is 2. The van der Waals surface area contributed by atoms with Gasteiger partial charge in [-0.15, -0.1) is 0 Å². The zero-order valence-corrected chi connectivity index (χ0v) is 16.3. The van der Waals surface area contributed by atoms with E-state index in [1.54, 1.807) is 24.4 Å². The number of hydrogen-bond acceptors (Lipinski definition) is 3. The van der Waals surface area contributed by atoms with Crippen molar-refractivity contribution in [1.29, 1.82) is 0 Å². The maximum Gasteiger partial charge on any atom is 0.335 e. The summed E-state index contributed by atoms with van der Waals surface area (Å²) in [5.41, 5.74) is 1.40. The lowest BCUT2D eigenvalue weighted by molar-refractivity contribution is -0.122. The topological polar surface area (TPSA) is 71.4 Å². The summed E-state index contributed by atoms with van der Waals surface area (Å²) in [4.78, 5) is 38.3. The maximum absolute atomic E-state index is 13.2. The Balaban J connectivity index is 1.68. The zero-order chi connectivity index (χ0) is 21.3. The molecule has 8 heteroatoms. The lowest BCUT2D eigenvalue weighted by atomic mass is 10.1. The zero-order valence-electron chi connectivity index (χ0n) is 15.5. The highest BCUT2D eigenvalue weighted by Gasteiger charge is 2.37. The van der Waals surface area contributed by atoms with Gasteiger partial charge in [0.15, 0.2) is 0 Å². The highest BCUT2D eigenvalue weighted by Crippen LogP contribution is 2.23. The number of nitrogens with one attached hydrogen (secondary N) is 1. The number of aromatic nitrogens is 1. The van der Waals surface area contributed by atoms with E-state index in [0.717, 1.165) is 22.6 Å². The molecule has 150 valence electrons. The lowest BCUT2D eigenvalue weighted by Gasteiger charge is -2.26. The molecule has 1 N–H and O–H groups in total. The van der Waals surface area contributed by atoms with Crippen LogP contribution >= 0.6 is 11.6 Å². The van der Waals surface area contributed by atoms with E-state index in [9.17, 15) is 18.8 Å². The van der Waals surface area contributed by atoms with Crippen LogP contribution in [0.4, 0.5) is 14.9 Å². The first-order valence-corrected chi connectivity index (χ1v) is 9.37. The summed E-state index contributed by atoms with van der Waals surface area (Å²) in [5, 5.41) is 2.75. The Morgan fingerprint density at radius 2 is 1.70 bits per heavy atom. The molecule has 2 aromatic carbocycles. The van der Waals surface area contributed by atoms with Crippen LogP contribution in [0, 0.1) is 5.82 Å². The average molecular weight is 424 g/mol. The minimum Gasteiger partial charge on any atom is -0.343 e. The second-order valence-electron chi connectivity index (χ2n) is 6.59. The first kappa shape index (κ1) is 19.6. The van der Waals surface area contributed by atoms with Gasteiger partial charge in [0.2, 0.25) is 0 Å². The molecule has 1 aromatic heterocycles. The average Bonchev–Trinajstić information content (AvgIpc) is 3.15. The Kier molecular flexibility index (Phi) is 5.20. The van der Waals surface area contributed by atoms with Crippen LogP contribution in [0.15, 0.2) is 72.4 Å². The molecule has 0 spiro atoms. The maximum atomic E-state index is 13.2. The number of nitrogens with zero attached hydrogens (tertiary/aromatic N) is 2. The standard InChI is InChI=1S/C22H15ClFN3O3/c23-19-6-2-1-4-14(19)13-26-11-3-5-17(26)12-18-20(28)25-22(30)27(21(18)29)16-9-7-15(24)8-10-16/h1-12H,13H2,(H,25,28,30). The van der Waals surface area contributed by atoms with Gasteiger partial charge in [0, 0.05) is 23.5 Å². The summed E-state index contributed by atoms with van der Waals surface area (Å²) in [6.45, 7) is 0.433. The molecule has 4 rings (SSSR count). The molecule has 0 aliphatic carbocycles. The van der Waals surface area contributed by atoms with Crippen molar-refractivity contribution in [3.63, 3.8) is 0 Å². The molecule has 3 aromatic rings. The number of anilines is 1. The molecule has 1 fully saturated rings. The van der Waals surface area contributed by atoms with E-state index in [4.69, 9.17) is 11.6 Å². The number of amides is 4. The minimum atomic E-state index is -0.889. The summed E-state index contributed by atoms with van der Waals surface area (Å²) < 4.78 is 15.0. The van der Waals surface area contributed by atoms with Gasteiger partial charge in [-0.25, -0.2) is 14.1 Å². The van der Waals surface area contributed by atoms with Gasteiger partial charge in [-0.1, -0.05) is 29.8 Å². The molecule has 4 amide bonds. The first-order valence-electron chi connectivity index (χ1n) is 8.99. The van der Waals surface area contributed by atoms with E-state index in [1.807, 2.05) is 22.8 Å². The van der Waals surface area contributed by atoms with E-state index in [2.05, 4.69) is 5.32 Å². The molecule has 2 heterocycles. The van der Waals surface area contributed by atoms with Crippen molar-refractivity contribution < 1.29 is 18.8 Å². The van der Waals surface area contributed by atoms with Crippen LogP contribution in [0.1, 0.15) is 11.3 Å². The molecule has 6 nitrogen and oxygen atoms in total. The number of hydrogen-bond donors (Lipinski definition) is 1. The molecular weight excluding hydrogens is 409 g/mol. The third-order valence-corrected chi connectivity index (χ3v) is 5.01. The summed E-state index contributed by atoms with van der Waals surface area (Å²) in [6, 6.07) is 14.8. The van der Waals surface area contributed by atoms with Crippen molar-refractivity contribution in [2.45, 2.75) is 6.54 Å². The van der Waals surface area contributed by atoms with Crippen LogP contribution in [0.2, 0.25) is 5.02 Å². The third kappa shape index (κ3) is 3.75. The highest BCUT2D eigenvalue weighted by atomic mass is 35.5. The summed E-state index contributed by atoms with van der Waals surface area (Å²) in [5.74, 6) is -2.09. The van der Waals surface area contributed by atoms with E-state index in [0.29, 0.717) is 17.3 Å². The second kappa shape index (κ2) is 7.96. The molecule has 0 radical (unpaired) electrons. The van der Waals surface area contributed by atoms with E-state index >= 15 is 0 Å². The molecule has 1 saturated heterocycles. The van der Waals surface area contributed by atoms with Crippen molar-refractivity contribution >= 4 is 41.2 Å². The fraction of sp³-hybridized carbons (Fsp3) is 0.0455. The Morgan fingerprint density at radius 1 is 0.967 bits per heavy atom. The number of imide groups is 2. The smallest absolute Gasteiger partial charge is 0.335 e. The SMILES string of the molecule is O=C1NC(=O)N(c2ccc(F)cc2)C(=O)C1=Cc1cccn1Cc1ccccc1Cl. The van der Waals surface area contributed by atoms with Gasteiger partial charge in [-0.05, 0) is 54.1 Å². The first-order chi connectivity index (χ1) is 14.4. The fourth-order valence-corrected chi connectivity index (χ4v) is 3.34. The van der Waals surface area contributed by atoms with Crippen LogP contribution in [-0.4, -0.2) is 22.4 Å². The Hall–Kier alpha value is -3.71. The number of carbonyl (C=O) groups excluding carboxylic acids is 3. The molecule has 1 aliphatic rings. The van der Waals surface area contributed by atoms with Gasteiger partial charge in [0.25, 0.3) is 11.8 Å². The number of carbonyl (C=O) groups is 3. The molecule has 0 atom stereocenters. The third-order valence-electron chi connectivity index (χ3n) is 4.64. The fourth-order valence-electron chi connectivity index (χ4n) is 3.14. The van der Waals surface area contributed by atoms with Crippen LogP contribution in [-0.2, 0) is 16.1 Å². The van der Waals surface area contributed by atoms with Crippen molar-refractivity contribution in [2.24, 2.45) is 0 Å². The Labute approximate surface area is 176 Å². The van der Waals surface area contributed by atoms with Crippen molar-refractivity contribution in [3.05, 3.63) is 94.5 Å². The lowest BCUT2D eigenvalue weighted by Crippen LogP contribution is -2.54. The summed E-state index contributed by atoms with van der Waals surface area (Å²) in [7, 11) is 0. The van der Waals surface area contributed by atoms with Crippen LogP contribution in [0.5, 0.6) is 0 Å². The predicted molar refractivity (Wildman–Crippen MR) is 110 cm³/mol. The van der Waals surface area contributed by atoms with Gasteiger partial charge in [-0.3, -0.25) is 14.9 Å². The van der Waals surface area contributed by atoms with Crippen LogP contribution < -0.4 is 10.2 Å². The largest absolute Gasteiger partial charge is 0.343 e. The molecule has 0 saturated carbocycles. The monoisotopic (exact) mass is 423 g/mol. The van der Waals surface area contributed by atoms with E-state index in [-0.39, 0.29) is 11.3 Å². The molecule has 1 aliphatic heterocycles. The van der Waals surface area contributed by atoms with Crippen LogP contribution in [0.3, 0.4) is 0 Å². The van der Waals surface area contributed by atoms with Crippen molar-refractivity contribution in [2.75, 3.05) is 4.90 Å². The van der Waals surface area contributed by atoms with Crippen molar-refractivity contribution in [1.82, 2.24) is 9.88 Å². The molecule has 0 unspecified atom stereocenters. The number of rotatable bonds is 4. The Morgan fingerprint density at radius 3 is 2.43 bits per heavy atom. The quantitative estimate of drug-likeness (QED) is 0.509. The number of barbiturate groups is 1. The normalized spacial score (nSPS) is 15.6. The molecular formula is C22H15ClFN3O3. The van der Waals surface area contributed by atoms with Gasteiger partial charge >= 0.3 is 6.03 Å². The molecule has 0 bridgehead atoms.